The van der Waals surface area contributed by atoms with Crippen LogP contribution in [0.4, 0.5) is 5.69 Å². The van der Waals surface area contributed by atoms with Crippen LogP contribution < -0.4 is 5.32 Å². The number of carbonyl (C=O) groups excluding carboxylic acids is 2. The van der Waals surface area contributed by atoms with Crippen molar-refractivity contribution < 1.29 is 9.59 Å². The van der Waals surface area contributed by atoms with Gasteiger partial charge in [0.05, 0.1) is 5.69 Å². The van der Waals surface area contributed by atoms with E-state index in [4.69, 9.17) is 0 Å². The molecule has 0 fully saturated rings. The van der Waals surface area contributed by atoms with Gasteiger partial charge in [0.2, 0.25) is 11.7 Å². The normalized spacial score (nSPS) is 10.6. The van der Waals surface area contributed by atoms with Crippen LogP contribution in [0.15, 0.2) is 53.0 Å². The van der Waals surface area contributed by atoms with Gasteiger partial charge in [-0.05, 0) is 18.2 Å². The van der Waals surface area contributed by atoms with Crippen molar-refractivity contribution in [3.05, 3.63) is 64.3 Å². The maximum Gasteiger partial charge on any atom is 0.221 e. The molecule has 4 nitrogen and oxygen atoms in total. The van der Waals surface area contributed by atoms with Gasteiger partial charge in [0, 0.05) is 27.9 Å². The van der Waals surface area contributed by atoms with Crippen LogP contribution in [0.25, 0.3) is 10.9 Å². The molecular weight excluding hydrogens is 344 g/mol. The number of ketones is 1. The van der Waals surface area contributed by atoms with Crippen molar-refractivity contribution in [1.82, 2.24) is 4.98 Å². The quantitative estimate of drug-likeness (QED) is 0.693. The highest BCUT2D eigenvalue weighted by atomic mass is 79.9. The minimum absolute atomic E-state index is 0.156. The van der Waals surface area contributed by atoms with Gasteiger partial charge in [-0.3, -0.25) is 9.59 Å². The van der Waals surface area contributed by atoms with Crippen LogP contribution in [0, 0.1) is 0 Å². The highest BCUT2D eigenvalue weighted by Gasteiger charge is 2.20. The summed E-state index contributed by atoms with van der Waals surface area (Å²) in [5, 5.41) is 3.56. The number of aromatic nitrogens is 1. The number of rotatable bonds is 3. The lowest BCUT2D eigenvalue weighted by Gasteiger charge is -2.05. The first-order valence-corrected chi connectivity index (χ1v) is 7.54. The van der Waals surface area contributed by atoms with E-state index >= 15 is 0 Å². The minimum Gasteiger partial charge on any atom is -0.350 e. The van der Waals surface area contributed by atoms with Crippen molar-refractivity contribution in [3.63, 3.8) is 0 Å². The molecular formula is C17H13BrN2O2. The fourth-order valence-electron chi connectivity index (χ4n) is 2.37. The number of hydrogen-bond donors (Lipinski definition) is 2. The first-order valence-electron chi connectivity index (χ1n) is 6.75. The summed E-state index contributed by atoms with van der Waals surface area (Å²) >= 11 is 3.41. The molecule has 0 aliphatic carbocycles. The van der Waals surface area contributed by atoms with Gasteiger partial charge in [-0.15, -0.1) is 0 Å². The zero-order valence-corrected chi connectivity index (χ0v) is 13.4. The fraction of sp³-hybridized carbons (Fsp3) is 0.0588. The number of nitrogens with one attached hydrogen (secondary N) is 2. The molecule has 0 bridgehead atoms. The Morgan fingerprint density at radius 1 is 1.09 bits per heavy atom. The van der Waals surface area contributed by atoms with Gasteiger partial charge in [0.1, 0.15) is 5.69 Å². The molecule has 3 aromatic rings. The number of H-pyrrole nitrogens is 1. The molecule has 0 radical (unpaired) electrons. The summed E-state index contributed by atoms with van der Waals surface area (Å²) in [5.74, 6) is -0.375. The van der Waals surface area contributed by atoms with Crippen molar-refractivity contribution in [2.75, 3.05) is 5.32 Å². The molecule has 0 unspecified atom stereocenters. The van der Waals surface area contributed by atoms with E-state index in [0.717, 1.165) is 15.4 Å². The fourth-order valence-corrected chi connectivity index (χ4v) is 2.74. The molecule has 3 rings (SSSR count). The van der Waals surface area contributed by atoms with Gasteiger partial charge < -0.3 is 10.3 Å². The topological polar surface area (TPSA) is 62.0 Å². The summed E-state index contributed by atoms with van der Waals surface area (Å²) in [6.45, 7) is 1.42. The summed E-state index contributed by atoms with van der Waals surface area (Å²) in [6.07, 6.45) is 0. The summed E-state index contributed by atoms with van der Waals surface area (Å²) in [5.41, 5.74) is 2.26. The number of aromatic amines is 1. The minimum atomic E-state index is -0.219. The maximum atomic E-state index is 12.7. The molecule has 0 spiro atoms. The number of amides is 1. The van der Waals surface area contributed by atoms with Gasteiger partial charge in [0.15, 0.2) is 0 Å². The van der Waals surface area contributed by atoms with E-state index < -0.39 is 0 Å². The first-order chi connectivity index (χ1) is 10.6. The number of anilines is 1. The smallest absolute Gasteiger partial charge is 0.221 e. The third kappa shape index (κ3) is 2.67. The lowest BCUT2D eigenvalue weighted by atomic mass is 10.1. The molecule has 2 aromatic carbocycles. The van der Waals surface area contributed by atoms with E-state index in [9.17, 15) is 9.59 Å². The molecule has 110 valence electrons. The Hall–Kier alpha value is -2.40. The molecule has 1 heterocycles. The number of hydrogen-bond acceptors (Lipinski definition) is 2. The van der Waals surface area contributed by atoms with Gasteiger partial charge in [-0.25, -0.2) is 0 Å². The summed E-state index contributed by atoms with van der Waals surface area (Å²) in [4.78, 5) is 27.3. The standard InChI is InChI=1S/C17H13BrN2O2/c1-10(21)19-15-13-9-12(18)7-8-14(13)20-16(15)17(22)11-5-3-2-4-6-11/h2-9,20H,1H3,(H,19,21). The monoisotopic (exact) mass is 356 g/mol. The summed E-state index contributed by atoms with van der Waals surface area (Å²) in [6, 6.07) is 14.6. The first kappa shape index (κ1) is 14.5. The van der Waals surface area contributed by atoms with Crippen LogP contribution in [-0.2, 0) is 4.79 Å². The van der Waals surface area contributed by atoms with Gasteiger partial charge in [-0.1, -0.05) is 46.3 Å². The highest BCUT2D eigenvalue weighted by Crippen LogP contribution is 2.31. The van der Waals surface area contributed by atoms with E-state index in [0.29, 0.717) is 16.9 Å². The molecule has 2 N–H and O–H groups in total. The SMILES string of the molecule is CC(=O)Nc1c(C(=O)c2ccccc2)[nH]c2ccc(Br)cc12. The molecule has 1 amide bonds. The average Bonchev–Trinajstić information content (AvgIpc) is 2.85. The van der Waals surface area contributed by atoms with Crippen molar-refractivity contribution in [1.29, 1.82) is 0 Å². The molecule has 5 heteroatoms. The zero-order chi connectivity index (χ0) is 15.7. The molecule has 22 heavy (non-hydrogen) atoms. The van der Waals surface area contributed by atoms with Gasteiger partial charge in [0.25, 0.3) is 0 Å². The van der Waals surface area contributed by atoms with E-state index in [1.54, 1.807) is 12.1 Å². The van der Waals surface area contributed by atoms with Crippen molar-refractivity contribution in [3.8, 4) is 0 Å². The Bertz CT molecular complexity index is 869. The molecule has 0 atom stereocenters. The Morgan fingerprint density at radius 3 is 2.50 bits per heavy atom. The third-order valence-corrected chi connectivity index (χ3v) is 3.82. The Kier molecular flexibility index (Phi) is 3.81. The molecule has 0 saturated heterocycles. The van der Waals surface area contributed by atoms with Crippen molar-refractivity contribution in [2.24, 2.45) is 0 Å². The lowest BCUT2D eigenvalue weighted by molar-refractivity contribution is -0.114. The van der Waals surface area contributed by atoms with Crippen LogP contribution >= 0.6 is 15.9 Å². The molecule has 1 aromatic heterocycles. The zero-order valence-electron chi connectivity index (χ0n) is 11.8. The van der Waals surface area contributed by atoms with E-state index in [-0.39, 0.29) is 11.7 Å². The number of carbonyl (C=O) groups is 2. The number of benzene rings is 2. The number of fused-ring (bicyclic) bond motifs is 1. The molecule has 0 aliphatic heterocycles. The van der Waals surface area contributed by atoms with Crippen LogP contribution in [0.3, 0.4) is 0 Å². The van der Waals surface area contributed by atoms with Crippen LogP contribution in [0.1, 0.15) is 23.0 Å². The van der Waals surface area contributed by atoms with Crippen LogP contribution in [0.5, 0.6) is 0 Å². The van der Waals surface area contributed by atoms with E-state index in [1.807, 2.05) is 36.4 Å². The number of halogens is 1. The second-order valence-electron chi connectivity index (χ2n) is 4.94. The average molecular weight is 357 g/mol. The van der Waals surface area contributed by atoms with E-state index in [2.05, 4.69) is 26.2 Å². The van der Waals surface area contributed by atoms with E-state index in [1.165, 1.54) is 6.92 Å². The van der Waals surface area contributed by atoms with Crippen molar-refractivity contribution in [2.45, 2.75) is 6.92 Å². The lowest BCUT2D eigenvalue weighted by Crippen LogP contribution is -2.11. The predicted octanol–water partition coefficient (Wildman–Crippen LogP) is 4.12. The van der Waals surface area contributed by atoms with Crippen molar-refractivity contribution >= 4 is 44.2 Å². The third-order valence-electron chi connectivity index (χ3n) is 3.32. The maximum absolute atomic E-state index is 12.7. The Morgan fingerprint density at radius 2 is 1.82 bits per heavy atom. The molecule has 0 saturated carbocycles. The van der Waals surface area contributed by atoms with Gasteiger partial charge in [-0.2, -0.15) is 0 Å². The molecule has 0 aliphatic rings. The largest absolute Gasteiger partial charge is 0.350 e. The Labute approximate surface area is 135 Å². The van der Waals surface area contributed by atoms with Gasteiger partial charge >= 0.3 is 0 Å². The summed E-state index contributed by atoms with van der Waals surface area (Å²) in [7, 11) is 0. The highest BCUT2D eigenvalue weighted by molar-refractivity contribution is 9.10. The predicted molar refractivity (Wildman–Crippen MR) is 90.2 cm³/mol. The second-order valence-corrected chi connectivity index (χ2v) is 5.86. The second kappa shape index (κ2) is 5.77. The van der Waals surface area contributed by atoms with Crippen LogP contribution in [-0.4, -0.2) is 16.7 Å². The Balaban J connectivity index is 2.20. The van der Waals surface area contributed by atoms with Crippen LogP contribution in [0.2, 0.25) is 0 Å². The summed E-state index contributed by atoms with van der Waals surface area (Å²) < 4.78 is 0.879.